The zero-order chi connectivity index (χ0) is 16.9. The second-order valence-electron chi connectivity index (χ2n) is 5.51. The van der Waals surface area contributed by atoms with Crippen LogP contribution in [-0.2, 0) is 9.09 Å². The van der Waals surface area contributed by atoms with Crippen LogP contribution in [0.4, 0.5) is 0 Å². The van der Waals surface area contributed by atoms with Crippen LogP contribution in [0.3, 0.4) is 0 Å². The van der Waals surface area contributed by atoms with E-state index in [1.807, 2.05) is 13.8 Å². The third-order valence-corrected chi connectivity index (χ3v) is 9.15. The summed E-state index contributed by atoms with van der Waals surface area (Å²) in [4.78, 5) is 18.8. The summed E-state index contributed by atoms with van der Waals surface area (Å²) in [6.07, 6.45) is 0.830. The minimum absolute atomic E-state index is 0.00145. The number of halogens is 5. The van der Waals surface area contributed by atoms with Crippen LogP contribution in [0.2, 0.25) is 0 Å². The van der Waals surface area contributed by atoms with Gasteiger partial charge in [0.25, 0.3) is 0 Å². The molecule has 0 heterocycles. The lowest BCUT2D eigenvalue weighted by Gasteiger charge is -2.47. The molecule has 0 aliphatic rings. The number of rotatable bonds is 10. The van der Waals surface area contributed by atoms with E-state index in [-0.39, 0.29) is 15.5 Å². The van der Waals surface area contributed by atoms with E-state index in [0.29, 0.717) is 23.5 Å². The highest BCUT2D eigenvalue weighted by molar-refractivity contribution is 9.12. The molecule has 0 aromatic rings. The van der Waals surface area contributed by atoms with E-state index in [1.165, 1.54) is 0 Å². The summed E-state index contributed by atoms with van der Waals surface area (Å²) in [6.45, 7) is 3.72. The van der Waals surface area contributed by atoms with Gasteiger partial charge < -0.3 is 9.79 Å². The van der Waals surface area contributed by atoms with Gasteiger partial charge in [0.15, 0.2) is 0 Å². The number of phosphoric acid groups is 1. The molecule has 2 atom stereocenters. The van der Waals surface area contributed by atoms with Crippen molar-refractivity contribution in [2.45, 2.75) is 41.9 Å². The van der Waals surface area contributed by atoms with E-state index in [9.17, 15) is 14.4 Å². The van der Waals surface area contributed by atoms with E-state index in [4.69, 9.17) is 16.1 Å². The quantitative estimate of drug-likeness (QED) is 0.267. The maximum Gasteiger partial charge on any atom is 0.470 e. The molecule has 0 radical (unpaired) electrons. The van der Waals surface area contributed by atoms with Gasteiger partial charge in [0.05, 0.1) is 5.60 Å². The summed E-state index contributed by atoms with van der Waals surface area (Å²) in [5.74, 6) is 0.219. The maximum atomic E-state index is 11.5. The first-order valence-corrected chi connectivity index (χ1v) is 12.3. The summed E-state index contributed by atoms with van der Waals surface area (Å²) in [7, 11) is -4.66. The standard InChI is InChI=1S/C11H20Br4ClO4P/c1-10(2,7-16)11(3-8(14)5-12,4-9(15)6-13)20-21(17,18)19/h8-9H,3-7H2,1-2H3,(H2,17,18,19). The van der Waals surface area contributed by atoms with Gasteiger partial charge in [-0.25, -0.2) is 4.57 Å². The molecule has 0 aromatic heterocycles. The van der Waals surface area contributed by atoms with Crippen LogP contribution in [0.15, 0.2) is 0 Å². The predicted molar refractivity (Wildman–Crippen MR) is 103 cm³/mol. The van der Waals surface area contributed by atoms with Crippen LogP contribution < -0.4 is 0 Å². The fourth-order valence-corrected chi connectivity index (χ4v) is 4.61. The molecule has 2 N–H and O–H groups in total. The van der Waals surface area contributed by atoms with Crippen molar-refractivity contribution in [2.24, 2.45) is 5.41 Å². The Morgan fingerprint density at radius 3 is 1.76 bits per heavy atom. The normalized spacial score (nSPS) is 19.1. The SMILES string of the molecule is CC(C)(CCl)C(CC(Br)CBr)(CC(Br)CBr)OP(=O)(O)O. The van der Waals surface area contributed by atoms with Gasteiger partial charge >= 0.3 is 7.82 Å². The lowest BCUT2D eigenvalue weighted by atomic mass is 9.71. The van der Waals surface area contributed by atoms with Gasteiger partial charge in [-0.2, -0.15) is 0 Å². The molecule has 2 unspecified atom stereocenters. The van der Waals surface area contributed by atoms with E-state index >= 15 is 0 Å². The Morgan fingerprint density at radius 2 is 1.52 bits per heavy atom. The Balaban J connectivity index is 5.75. The van der Waals surface area contributed by atoms with Gasteiger partial charge in [-0.15, -0.1) is 11.6 Å². The fourth-order valence-electron chi connectivity index (χ4n) is 2.01. The zero-order valence-electron chi connectivity index (χ0n) is 11.7. The molecule has 0 saturated heterocycles. The summed E-state index contributed by atoms with van der Waals surface area (Å²) in [5.41, 5.74) is -1.70. The Hall–Kier alpha value is 2.32. The van der Waals surface area contributed by atoms with Crippen molar-refractivity contribution in [3.05, 3.63) is 0 Å². The van der Waals surface area contributed by atoms with Gasteiger partial charge in [-0.3, -0.25) is 4.52 Å². The molecule has 0 rings (SSSR count). The van der Waals surface area contributed by atoms with Crippen LogP contribution in [0.5, 0.6) is 0 Å². The van der Waals surface area contributed by atoms with Gasteiger partial charge in [0.1, 0.15) is 0 Å². The molecule has 128 valence electrons. The minimum Gasteiger partial charge on any atom is -0.303 e. The van der Waals surface area contributed by atoms with Crippen molar-refractivity contribution in [1.82, 2.24) is 0 Å². The molecule has 0 spiro atoms. The number of alkyl halides is 5. The van der Waals surface area contributed by atoms with Crippen molar-refractivity contribution in [1.29, 1.82) is 0 Å². The Labute approximate surface area is 164 Å². The topological polar surface area (TPSA) is 66.8 Å². The largest absolute Gasteiger partial charge is 0.470 e. The highest BCUT2D eigenvalue weighted by Gasteiger charge is 2.51. The predicted octanol–water partition coefficient (Wildman–Crippen LogP) is 5.20. The molecular weight excluding hydrogens is 582 g/mol. The highest BCUT2D eigenvalue weighted by Crippen LogP contribution is 2.53. The van der Waals surface area contributed by atoms with Crippen molar-refractivity contribution in [2.75, 3.05) is 16.5 Å². The second-order valence-corrected chi connectivity index (χ2v) is 10.8. The summed E-state index contributed by atoms with van der Waals surface area (Å²) < 4.78 is 16.8. The third kappa shape index (κ3) is 7.82. The highest BCUT2D eigenvalue weighted by atomic mass is 79.9. The van der Waals surface area contributed by atoms with E-state index in [2.05, 4.69) is 63.7 Å². The molecule has 0 bridgehead atoms. The second kappa shape index (κ2) is 9.71. The smallest absolute Gasteiger partial charge is 0.303 e. The molecule has 0 aromatic carbocycles. The molecule has 0 amide bonds. The molecule has 0 aliphatic heterocycles. The Kier molecular flexibility index (Phi) is 10.8. The van der Waals surface area contributed by atoms with Crippen LogP contribution in [-0.4, -0.2) is 41.6 Å². The molecule has 4 nitrogen and oxygen atoms in total. The first-order chi connectivity index (χ1) is 9.43. The van der Waals surface area contributed by atoms with Crippen molar-refractivity contribution in [3.8, 4) is 0 Å². The first kappa shape index (κ1) is 23.3. The maximum absolute atomic E-state index is 11.5. The van der Waals surface area contributed by atoms with E-state index in [1.54, 1.807) is 0 Å². The van der Waals surface area contributed by atoms with E-state index in [0.717, 1.165) is 0 Å². The van der Waals surface area contributed by atoms with Gasteiger partial charge in [0.2, 0.25) is 0 Å². The molecular formula is C11H20Br4ClO4P. The van der Waals surface area contributed by atoms with E-state index < -0.39 is 18.8 Å². The molecule has 21 heavy (non-hydrogen) atoms. The van der Waals surface area contributed by atoms with Gasteiger partial charge in [-0.1, -0.05) is 77.6 Å². The van der Waals surface area contributed by atoms with Crippen LogP contribution in [0.1, 0.15) is 26.7 Å². The van der Waals surface area contributed by atoms with Crippen molar-refractivity contribution in [3.63, 3.8) is 0 Å². The molecule has 0 fully saturated rings. The Bertz CT molecular complexity index is 354. The average Bonchev–Trinajstić information content (AvgIpc) is 2.35. The van der Waals surface area contributed by atoms with Crippen molar-refractivity contribution >= 4 is 83.1 Å². The summed E-state index contributed by atoms with van der Waals surface area (Å²) in [6, 6.07) is 0. The zero-order valence-corrected chi connectivity index (χ0v) is 19.7. The first-order valence-electron chi connectivity index (χ1n) is 6.15. The van der Waals surface area contributed by atoms with Crippen LogP contribution >= 0.6 is 83.1 Å². The minimum atomic E-state index is -4.66. The average molecular weight is 602 g/mol. The van der Waals surface area contributed by atoms with Gasteiger partial charge in [-0.05, 0) is 12.8 Å². The monoisotopic (exact) mass is 598 g/mol. The Morgan fingerprint density at radius 1 is 1.14 bits per heavy atom. The van der Waals surface area contributed by atoms with Crippen LogP contribution in [0, 0.1) is 5.41 Å². The lowest BCUT2D eigenvalue weighted by Crippen LogP contribution is -2.51. The number of hydrogen-bond donors (Lipinski definition) is 2. The summed E-state index contributed by atoms with van der Waals surface area (Å²) in [5, 5.41) is 1.28. The third-order valence-electron chi connectivity index (χ3n) is 3.30. The van der Waals surface area contributed by atoms with Crippen LogP contribution in [0.25, 0.3) is 0 Å². The fraction of sp³-hybridized carbons (Fsp3) is 1.00. The van der Waals surface area contributed by atoms with Gasteiger partial charge in [0, 0.05) is 31.6 Å². The molecule has 0 saturated carbocycles. The molecule has 0 aliphatic carbocycles. The number of phosphoric ester groups is 1. The van der Waals surface area contributed by atoms with Crippen molar-refractivity contribution < 1.29 is 18.9 Å². The lowest BCUT2D eigenvalue weighted by molar-refractivity contribution is -0.0612. The number of hydrogen-bond acceptors (Lipinski definition) is 2. The molecule has 10 heteroatoms. The summed E-state index contributed by atoms with van der Waals surface area (Å²) >= 11 is 19.8.